The molecule has 1 aromatic carbocycles. The highest BCUT2D eigenvalue weighted by molar-refractivity contribution is 6.33. The zero-order valence-corrected chi connectivity index (χ0v) is 11.1. The fourth-order valence-electron chi connectivity index (χ4n) is 1.43. The van der Waals surface area contributed by atoms with Crippen molar-refractivity contribution in [1.82, 2.24) is 0 Å². The number of rotatable bonds is 6. The minimum atomic E-state index is -0.893. The summed E-state index contributed by atoms with van der Waals surface area (Å²) in [5.41, 5.74) is 1.09. The summed E-state index contributed by atoms with van der Waals surface area (Å²) in [5.74, 6) is -0.198. The van der Waals surface area contributed by atoms with Gasteiger partial charge in [0.25, 0.3) is 0 Å². The molecule has 0 heterocycles. The standard InChI is InChI=1S/C13H16ClNO3/c1-3-9(13(16)17)6-7-15-12-8-10(18-2)4-5-11(12)14/h4-6,8,15H,3,7H2,1-2H3,(H,16,17)/b9-6-. The zero-order valence-electron chi connectivity index (χ0n) is 10.4. The monoisotopic (exact) mass is 269 g/mol. The minimum Gasteiger partial charge on any atom is -0.497 e. The van der Waals surface area contributed by atoms with Gasteiger partial charge in [-0.15, -0.1) is 0 Å². The van der Waals surface area contributed by atoms with E-state index >= 15 is 0 Å². The van der Waals surface area contributed by atoms with Gasteiger partial charge in [0.1, 0.15) is 5.75 Å². The summed E-state index contributed by atoms with van der Waals surface area (Å²) in [6.45, 7) is 2.21. The number of aliphatic carboxylic acids is 1. The number of carboxylic acids is 1. The van der Waals surface area contributed by atoms with Crippen molar-refractivity contribution in [3.05, 3.63) is 34.9 Å². The molecule has 1 rings (SSSR count). The number of anilines is 1. The molecule has 0 unspecified atom stereocenters. The Labute approximate surface area is 111 Å². The van der Waals surface area contributed by atoms with E-state index in [1.165, 1.54) is 0 Å². The van der Waals surface area contributed by atoms with Crippen LogP contribution in [0.1, 0.15) is 13.3 Å². The summed E-state index contributed by atoms with van der Waals surface area (Å²) in [6, 6.07) is 5.25. The van der Waals surface area contributed by atoms with Gasteiger partial charge in [0, 0.05) is 18.2 Å². The first-order chi connectivity index (χ1) is 8.58. The quantitative estimate of drug-likeness (QED) is 0.779. The lowest BCUT2D eigenvalue weighted by Gasteiger charge is -2.08. The Balaban J connectivity index is 2.71. The molecular weight excluding hydrogens is 254 g/mol. The molecule has 98 valence electrons. The largest absolute Gasteiger partial charge is 0.497 e. The lowest BCUT2D eigenvalue weighted by Crippen LogP contribution is -2.05. The lowest BCUT2D eigenvalue weighted by molar-refractivity contribution is -0.132. The van der Waals surface area contributed by atoms with Crippen LogP contribution in [-0.2, 0) is 4.79 Å². The summed E-state index contributed by atoms with van der Waals surface area (Å²) < 4.78 is 5.09. The van der Waals surface area contributed by atoms with Crippen molar-refractivity contribution in [2.45, 2.75) is 13.3 Å². The van der Waals surface area contributed by atoms with Crippen molar-refractivity contribution in [2.24, 2.45) is 0 Å². The minimum absolute atomic E-state index is 0.376. The number of hydrogen-bond donors (Lipinski definition) is 2. The highest BCUT2D eigenvalue weighted by Gasteiger charge is 2.04. The number of methoxy groups -OCH3 is 1. The van der Waals surface area contributed by atoms with E-state index in [4.69, 9.17) is 21.4 Å². The van der Waals surface area contributed by atoms with Crippen molar-refractivity contribution >= 4 is 23.3 Å². The highest BCUT2D eigenvalue weighted by atomic mass is 35.5. The van der Waals surface area contributed by atoms with Crippen LogP contribution in [0.25, 0.3) is 0 Å². The third kappa shape index (κ3) is 3.96. The maximum Gasteiger partial charge on any atom is 0.331 e. The maximum atomic E-state index is 10.8. The van der Waals surface area contributed by atoms with E-state index in [1.54, 1.807) is 38.3 Å². The molecule has 0 saturated heterocycles. The molecule has 0 aliphatic heterocycles. The number of hydrogen-bond acceptors (Lipinski definition) is 3. The molecule has 0 aliphatic rings. The first-order valence-corrected chi connectivity index (χ1v) is 5.96. The molecule has 4 nitrogen and oxygen atoms in total. The van der Waals surface area contributed by atoms with Crippen molar-refractivity contribution in [3.8, 4) is 5.75 Å². The third-order valence-electron chi connectivity index (χ3n) is 2.47. The number of ether oxygens (including phenoxy) is 1. The molecular formula is C13H16ClNO3. The maximum absolute atomic E-state index is 10.8. The fourth-order valence-corrected chi connectivity index (χ4v) is 1.62. The van der Waals surface area contributed by atoms with Gasteiger partial charge in [-0.2, -0.15) is 0 Å². The average Bonchev–Trinajstić information content (AvgIpc) is 2.36. The molecule has 0 amide bonds. The second-order valence-corrected chi connectivity index (χ2v) is 4.02. The lowest BCUT2D eigenvalue weighted by atomic mass is 10.2. The van der Waals surface area contributed by atoms with Crippen LogP contribution in [0.5, 0.6) is 5.75 Å². The molecule has 18 heavy (non-hydrogen) atoms. The van der Waals surface area contributed by atoms with E-state index in [-0.39, 0.29) is 0 Å². The van der Waals surface area contributed by atoms with E-state index in [1.807, 2.05) is 0 Å². The van der Waals surface area contributed by atoms with Gasteiger partial charge in [-0.25, -0.2) is 4.79 Å². The van der Waals surface area contributed by atoms with E-state index < -0.39 is 5.97 Å². The van der Waals surface area contributed by atoms with Crippen LogP contribution < -0.4 is 10.1 Å². The summed E-state index contributed by atoms with van der Waals surface area (Å²) in [6.07, 6.45) is 2.13. The number of nitrogens with one attached hydrogen (secondary N) is 1. The Bertz CT molecular complexity index is 458. The zero-order chi connectivity index (χ0) is 13.5. The highest BCUT2D eigenvalue weighted by Crippen LogP contribution is 2.26. The van der Waals surface area contributed by atoms with Crippen LogP contribution in [0.3, 0.4) is 0 Å². The first-order valence-electron chi connectivity index (χ1n) is 5.58. The second-order valence-electron chi connectivity index (χ2n) is 3.61. The van der Waals surface area contributed by atoms with Gasteiger partial charge in [-0.1, -0.05) is 24.6 Å². The van der Waals surface area contributed by atoms with Crippen molar-refractivity contribution in [3.63, 3.8) is 0 Å². The van der Waals surface area contributed by atoms with Crippen LogP contribution >= 0.6 is 11.6 Å². The van der Waals surface area contributed by atoms with Crippen LogP contribution in [0.15, 0.2) is 29.8 Å². The molecule has 2 N–H and O–H groups in total. The molecule has 0 fully saturated rings. The molecule has 5 heteroatoms. The Morgan fingerprint density at radius 3 is 2.83 bits per heavy atom. The van der Waals surface area contributed by atoms with E-state index in [0.29, 0.717) is 35.0 Å². The Morgan fingerprint density at radius 1 is 1.56 bits per heavy atom. The summed E-state index contributed by atoms with van der Waals surface area (Å²) in [4.78, 5) is 10.8. The molecule has 0 atom stereocenters. The smallest absolute Gasteiger partial charge is 0.331 e. The van der Waals surface area contributed by atoms with Gasteiger partial charge in [0.2, 0.25) is 0 Å². The fraction of sp³-hybridized carbons (Fsp3) is 0.308. The Kier molecular flexibility index (Phi) is 5.52. The molecule has 0 bridgehead atoms. The SMILES string of the molecule is CC/C(=C/CNc1cc(OC)ccc1Cl)C(=O)O. The van der Waals surface area contributed by atoms with Crippen LogP contribution in [0.2, 0.25) is 5.02 Å². The van der Waals surface area contributed by atoms with Crippen LogP contribution in [0.4, 0.5) is 5.69 Å². The number of halogens is 1. The van der Waals surface area contributed by atoms with Gasteiger partial charge >= 0.3 is 5.97 Å². The van der Waals surface area contributed by atoms with E-state index in [2.05, 4.69) is 5.32 Å². The molecule has 0 saturated carbocycles. The predicted octanol–water partition coefficient (Wildman–Crippen LogP) is 3.18. The molecule has 0 spiro atoms. The molecule has 0 radical (unpaired) electrons. The van der Waals surface area contributed by atoms with Gasteiger partial charge < -0.3 is 15.2 Å². The topological polar surface area (TPSA) is 58.6 Å². The molecule has 1 aromatic rings. The number of carbonyl (C=O) groups is 1. The van der Waals surface area contributed by atoms with Crippen molar-refractivity contribution in [2.75, 3.05) is 19.0 Å². The predicted molar refractivity (Wildman–Crippen MR) is 72.5 cm³/mol. The summed E-state index contributed by atoms with van der Waals surface area (Å²) in [7, 11) is 1.58. The Hall–Kier alpha value is -1.68. The van der Waals surface area contributed by atoms with Gasteiger partial charge in [-0.05, 0) is 18.6 Å². The summed E-state index contributed by atoms with van der Waals surface area (Å²) in [5, 5.41) is 12.5. The van der Waals surface area contributed by atoms with Crippen molar-refractivity contribution in [1.29, 1.82) is 0 Å². The third-order valence-corrected chi connectivity index (χ3v) is 2.80. The first kappa shape index (κ1) is 14.4. The normalized spacial score (nSPS) is 11.2. The number of carboxylic acid groups (broad SMARTS) is 1. The van der Waals surface area contributed by atoms with Gasteiger partial charge in [0.15, 0.2) is 0 Å². The van der Waals surface area contributed by atoms with Gasteiger partial charge in [-0.3, -0.25) is 0 Å². The van der Waals surface area contributed by atoms with Crippen molar-refractivity contribution < 1.29 is 14.6 Å². The van der Waals surface area contributed by atoms with Gasteiger partial charge in [0.05, 0.1) is 17.8 Å². The molecule has 0 aromatic heterocycles. The summed E-state index contributed by atoms with van der Waals surface area (Å²) >= 11 is 6.01. The van der Waals surface area contributed by atoms with Crippen LogP contribution in [-0.4, -0.2) is 24.7 Å². The van der Waals surface area contributed by atoms with E-state index in [0.717, 1.165) is 0 Å². The van der Waals surface area contributed by atoms with E-state index in [9.17, 15) is 4.79 Å². The second kappa shape index (κ2) is 6.91. The van der Waals surface area contributed by atoms with Crippen LogP contribution in [0, 0.1) is 0 Å². The molecule has 0 aliphatic carbocycles. The Morgan fingerprint density at radius 2 is 2.28 bits per heavy atom. The number of benzene rings is 1. The average molecular weight is 270 g/mol.